The minimum absolute atomic E-state index is 0.0336. The van der Waals surface area contributed by atoms with Gasteiger partial charge < -0.3 is 14.4 Å². The third-order valence-corrected chi connectivity index (χ3v) is 1.96. The third kappa shape index (κ3) is 11.5. The second-order valence-electron chi connectivity index (χ2n) is 4.04. The molecule has 1 aromatic rings. The fourth-order valence-electron chi connectivity index (χ4n) is 1.15. The van der Waals surface area contributed by atoms with Crippen molar-refractivity contribution < 1.29 is 32.7 Å². The van der Waals surface area contributed by atoms with Crippen LogP contribution in [0.25, 0.3) is 6.08 Å². The highest BCUT2D eigenvalue weighted by molar-refractivity contribution is 7.84. The Labute approximate surface area is 133 Å². The molecular weight excluding hydrogens is 328 g/mol. The highest BCUT2D eigenvalue weighted by Gasteiger charge is 2.01. The van der Waals surface area contributed by atoms with Gasteiger partial charge in [0.25, 0.3) is 5.91 Å². The Morgan fingerprint density at radius 1 is 1.43 bits per heavy atom. The van der Waals surface area contributed by atoms with Gasteiger partial charge >= 0.3 is 5.96 Å². The second-order valence-corrected chi connectivity index (χ2v) is 5.45. The predicted molar refractivity (Wildman–Crippen MR) is 81.8 cm³/mol. The normalized spacial score (nSPS) is 10.4. The van der Waals surface area contributed by atoms with E-state index >= 15 is 0 Å². The van der Waals surface area contributed by atoms with E-state index in [1.807, 2.05) is 0 Å². The summed E-state index contributed by atoms with van der Waals surface area (Å²) in [6.45, 7) is 0. The van der Waals surface area contributed by atoms with E-state index in [1.165, 1.54) is 19.3 Å². The molecule has 0 aliphatic carbocycles. The molecule has 0 spiro atoms. The molecule has 1 aromatic carbocycles. The number of phenols is 1. The number of phenolic OH excluding ortho intramolecular Hbond substituents is 1. The summed E-state index contributed by atoms with van der Waals surface area (Å²) in [5.74, 6) is -0.167. The SMILES string of the molecule is COc1cc(/C=C/C(=O)N[NH+]=C(N)N)ccc1O.CS(=O)(=O)[O-]. The summed E-state index contributed by atoms with van der Waals surface area (Å²) in [7, 11) is -2.47. The Morgan fingerprint density at radius 2 is 2.00 bits per heavy atom. The Balaban J connectivity index is 0.000000841. The van der Waals surface area contributed by atoms with Gasteiger partial charge in [0.15, 0.2) is 11.5 Å². The monoisotopic (exact) mass is 346 g/mol. The molecule has 0 aliphatic rings. The first-order chi connectivity index (χ1) is 10.5. The number of benzene rings is 1. The maximum Gasteiger partial charge on any atom is 0.360 e. The summed E-state index contributed by atoms with van der Waals surface area (Å²) in [5, 5.41) is 11.7. The van der Waals surface area contributed by atoms with Crippen molar-refractivity contribution in [3.05, 3.63) is 29.8 Å². The number of nitrogens with two attached hydrogens (primary N) is 2. The first-order valence-corrected chi connectivity index (χ1v) is 7.74. The fraction of sp³-hybridized carbons (Fsp3) is 0.167. The standard InChI is InChI=1S/C11H14N4O3.CH4O3S/c1-18-9-6-7(2-4-8(9)16)3-5-10(17)14-15-11(12)13;1-5(2,3)4/h2-6,16H,1H3,(H,14,17)(H4,12,13,15);1H3,(H,2,3,4)/b5-3+;. The summed E-state index contributed by atoms with van der Waals surface area (Å²) in [6, 6.07) is 4.70. The van der Waals surface area contributed by atoms with Crippen molar-refractivity contribution in [2.24, 2.45) is 11.5 Å². The molecule has 1 amide bonds. The maximum atomic E-state index is 11.3. The van der Waals surface area contributed by atoms with E-state index in [4.69, 9.17) is 29.2 Å². The smallest absolute Gasteiger partial charge is 0.360 e. The van der Waals surface area contributed by atoms with Crippen LogP contribution in [-0.2, 0) is 14.9 Å². The molecule has 0 unspecified atom stereocenters. The van der Waals surface area contributed by atoms with E-state index in [-0.39, 0.29) is 11.7 Å². The minimum atomic E-state index is -3.92. The number of guanidine groups is 1. The molecule has 0 atom stereocenters. The van der Waals surface area contributed by atoms with Crippen molar-refractivity contribution in [2.45, 2.75) is 0 Å². The van der Waals surface area contributed by atoms with Crippen LogP contribution in [0.2, 0.25) is 0 Å². The Bertz CT molecular complexity index is 688. The van der Waals surface area contributed by atoms with Crippen LogP contribution < -0.4 is 26.7 Å². The number of hydrogen-bond donors (Lipinski definition) is 5. The quantitative estimate of drug-likeness (QED) is 0.125. The van der Waals surface area contributed by atoms with Gasteiger partial charge in [-0.05, 0) is 23.8 Å². The first kappa shape index (κ1) is 20.2. The average molecular weight is 346 g/mol. The van der Waals surface area contributed by atoms with Crippen molar-refractivity contribution in [1.29, 1.82) is 0 Å². The van der Waals surface area contributed by atoms with Crippen LogP contribution in [-0.4, -0.2) is 43.3 Å². The van der Waals surface area contributed by atoms with Crippen molar-refractivity contribution >= 4 is 28.1 Å². The van der Waals surface area contributed by atoms with Gasteiger partial charge in [0.2, 0.25) is 0 Å². The Morgan fingerprint density at radius 3 is 2.48 bits per heavy atom. The lowest BCUT2D eigenvalue weighted by atomic mass is 10.2. The largest absolute Gasteiger partial charge is 0.748 e. The molecule has 0 fully saturated rings. The zero-order chi connectivity index (χ0) is 18.0. The number of ether oxygens (including phenoxy) is 1. The maximum absolute atomic E-state index is 11.3. The minimum Gasteiger partial charge on any atom is -0.748 e. The van der Waals surface area contributed by atoms with Gasteiger partial charge in [-0.3, -0.25) is 16.3 Å². The molecule has 23 heavy (non-hydrogen) atoms. The Hall–Kier alpha value is -2.79. The van der Waals surface area contributed by atoms with Crippen LogP contribution in [0.4, 0.5) is 0 Å². The highest BCUT2D eigenvalue weighted by atomic mass is 32.2. The van der Waals surface area contributed by atoms with Crippen LogP contribution in [0.1, 0.15) is 5.56 Å². The summed E-state index contributed by atoms with van der Waals surface area (Å²) >= 11 is 0. The van der Waals surface area contributed by atoms with Gasteiger partial charge in [0.05, 0.1) is 17.2 Å². The number of nitrogens with one attached hydrogen (secondary N) is 2. The number of carbonyl (C=O) groups is 1. The molecule has 0 saturated heterocycles. The van der Waals surface area contributed by atoms with E-state index in [0.29, 0.717) is 17.6 Å². The van der Waals surface area contributed by atoms with Gasteiger partial charge in [0.1, 0.15) is 0 Å². The molecule has 11 heteroatoms. The molecule has 10 nitrogen and oxygen atoms in total. The molecule has 0 saturated carbocycles. The average Bonchev–Trinajstić information content (AvgIpc) is 2.42. The second kappa shape index (κ2) is 9.27. The van der Waals surface area contributed by atoms with E-state index in [2.05, 4.69) is 10.5 Å². The topological polar surface area (TPSA) is 182 Å². The summed E-state index contributed by atoms with van der Waals surface area (Å²) < 4.78 is 32.2. The Kier molecular flexibility index (Phi) is 8.15. The highest BCUT2D eigenvalue weighted by Crippen LogP contribution is 2.26. The number of aromatic hydroxyl groups is 1. The zero-order valence-corrected chi connectivity index (χ0v) is 13.3. The fourth-order valence-corrected chi connectivity index (χ4v) is 1.15. The zero-order valence-electron chi connectivity index (χ0n) is 12.4. The van der Waals surface area contributed by atoms with Gasteiger partial charge in [-0.1, -0.05) is 6.07 Å². The van der Waals surface area contributed by atoms with Crippen LogP contribution in [0.3, 0.4) is 0 Å². The van der Waals surface area contributed by atoms with Gasteiger partial charge in [-0.15, -0.1) is 0 Å². The number of hydrogen-bond acceptors (Lipinski definition) is 6. The molecule has 128 valence electrons. The number of methoxy groups -OCH3 is 1. The molecule has 0 aliphatic heterocycles. The molecule has 0 radical (unpaired) electrons. The van der Waals surface area contributed by atoms with Crippen LogP contribution in [0.5, 0.6) is 11.5 Å². The van der Waals surface area contributed by atoms with Crippen molar-refractivity contribution in [3.63, 3.8) is 0 Å². The lowest BCUT2D eigenvalue weighted by molar-refractivity contribution is -0.512. The van der Waals surface area contributed by atoms with E-state index in [0.717, 1.165) is 0 Å². The molecule has 0 heterocycles. The van der Waals surface area contributed by atoms with E-state index in [1.54, 1.807) is 18.2 Å². The predicted octanol–water partition coefficient (Wildman–Crippen LogP) is -3.04. The molecule has 1 rings (SSSR count). The summed E-state index contributed by atoms with van der Waals surface area (Å²) in [5.41, 5.74) is 13.2. The van der Waals surface area contributed by atoms with E-state index in [9.17, 15) is 9.90 Å². The van der Waals surface area contributed by atoms with Crippen LogP contribution >= 0.6 is 0 Å². The van der Waals surface area contributed by atoms with Gasteiger partial charge in [0, 0.05) is 12.3 Å². The number of rotatable bonds is 4. The van der Waals surface area contributed by atoms with Gasteiger partial charge in [-0.2, -0.15) is 5.10 Å². The lowest BCUT2D eigenvalue weighted by Crippen LogP contribution is -2.87. The van der Waals surface area contributed by atoms with Crippen LogP contribution in [0.15, 0.2) is 24.3 Å². The van der Waals surface area contributed by atoms with Crippen LogP contribution in [0, 0.1) is 0 Å². The number of amides is 1. The molecule has 0 bridgehead atoms. The van der Waals surface area contributed by atoms with Crippen molar-refractivity contribution in [2.75, 3.05) is 13.4 Å². The summed E-state index contributed by atoms with van der Waals surface area (Å²) in [6.07, 6.45) is 3.43. The number of carbonyl (C=O) groups excluding carboxylic acids is 1. The number of hydrazine groups is 1. The molecular formula is C12H18N4O6S. The third-order valence-electron chi connectivity index (χ3n) is 1.96. The first-order valence-electron chi connectivity index (χ1n) is 5.92. The van der Waals surface area contributed by atoms with Crippen molar-refractivity contribution in [1.82, 2.24) is 5.43 Å². The molecule has 0 aromatic heterocycles. The number of hydrazone groups is 1. The lowest BCUT2D eigenvalue weighted by Gasteiger charge is -2.03. The van der Waals surface area contributed by atoms with E-state index < -0.39 is 16.0 Å². The van der Waals surface area contributed by atoms with Gasteiger partial charge in [-0.25, -0.2) is 13.8 Å². The molecule has 7 N–H and O–H groups in total. The summed E-state index contributed by atoms with van der Waals surface area (Å²) in [4.78, 5) is 11.3. The van der Waals surface area contributed by atoms with Crippen molar-refractivity contribution in [3.8, 4) is 11.5 Å².